The van der Waals surface area contributed by atoms with Gasteiger partial charge in [0.15, 0.2) is 0 Å². The summed E-state index contributed by atoms with van der Waals surface area (Å²) in [6.45, 7) is 21.4. The van der Waals surface area contributed by atoms with Gasteiger partial charge in [-0.3, -0.25) is 4.79 Å². The number of hydrogen-bond acceptors (Lipinski definition) is 2. The molecule has 0 aliphatic heterocycles. The second kappa shape index (κ2) is 7.59. The van der Waals surface area contributed by atoms with E-state index in [2.05, 4.69) is 73.6 Å². The van der Waals surface area contributed by atoms with Crippen LogP contribution in [0.2, 0.25) is 0 Å². The van der Waals surface area contributed by atoms with Gasteiger partial charge in [0.1, 0.15) is 6.10 Å². The molecule has 9 unspecified atom stereocenters. The van der Waals surface area contributed by atoms with Crippen molar-refractivity contribution in [3.05, 3.63) is 34.9 Å². The Morgan fingerprint density at radius 2 is 1.74 bits per heavy atom. The minimum absolute atomic E-state index is 0.00580. The molecule has 0 aromatic carbocycles. The lowest BCUT2D eigenvalue weighted by atomic mass is 9.36. The van der Waals surface area contributed by atoms with E-state index >= 15 is 0 Å². The Balaban J connectivity index is 1.56. The maximum absolute atomic E-state index is 11.9. The van der Waals surface area contributed by atoms with Gasteiger partial charge in [-0.25, -0.2) is 0 Å². The summed E-state index contributed by atoms with van der Waals surface area (Å²) in [5, 5.41) is 0. The van der Waals surface area contributed by atoms with Crippen molar-refractivity contribution >= 4 is 5.97 Å². The molecule has 2 nitrogen and oxygen atoms in total. The molecule has 5 rings (SSSR count). The molecular weight excluding hydrogens is 416 g/mol. The molecule has 9 atom stereocenters. The minimum Gasteiger partial charge on any atom is -0.462 e. The monoisotopic (exact) mass is 464 g/mol. The molecule has 0 saturated heterocycles. The maximum Gasteiger partial charge on any atom is 0.302 e. The summed E-state index contributed by atoms with van der Waals surface area (Å²) in [5.41, 5.74) is 5.60. The van der Waals surface area contributed by atoms with Gasteiger partial charge in [-0.15, -0.1) is 0 Å². The zero-order chi connectivity index (χ0) is 24.8. The molecule has 5 aliphatic rings. The first kappa shape index (κ1) is 24.4. The van der Waals surface area contributed by atoms with Crippen molar-refractivity contribution in [2.24, 2.45) is 51.2 Å². The summed E-state index contributed by atoms with van der Waals surface area (Å²) in [7, 11) is 0. The molecule has 2 heteroatoms. The first-order chi connectivity index (χ1) is 15.8. The average molecular weight is 465 g/mol. The number of allylic oxidation sites excluding steroid dienone is 5. The summed E-state index contributed by atoms with van der Waals surface area (Å²) in [6.07, 6.45) is 15.1. The molecule has 5 aliphatic carbocycles. The average Bonchev–Trinajstić information content (AvgIpc) is 2.73. The number of carbonyl (C=O) groups excluding carboxylic acids is 1. The fourth-order valence-corrected chi connectivity index (χ4v) is 10.2. The highest BCUT2D eigenvalue weighted by Crippen LogP contribution is 2.73. The minimum atomic E-state index is -0.141. The van der Waals surface area contributed by atoms with Gasteiger partial charge in [-0.1, -0.05) is 83.4 Å². The van der Waals surface area contributed by atoms with Gasteiger partial charge in [0.05, 0.1) is 0 Å². The van der Waals surface area contributed by atoms with E-state index in [-0.39, 0.29) is 33.7 Å². The van der Waals surface area contributed by atoms with Crippen LogP contribution in [-0.4, -0.2) is 12.1 Å². The van der Waals surface area contributed by atoms with Crippen molar-refractivity contribution in [2.45, 2.75) is 107 Å². The van der Waals surface area contributed by atoms with Crippen molar-refractivity contribution in [3.8, 4) is 0 Å². The summed E-state index contributed by atoms with van der Waals surface area (Å²) < 4.78 is 5.86. The van der Waals surface area contributed by atoms with Gasteiger partial charge in [0, 0.05) is 12.3 Å². The third-order valence-corrected chi connectivity index (χ3v) is 12.3. The SMILES string of the molecule is CC(=O)OC1CCC2(C)C(=CCC3(C)C2CC=C2C4C(C)C(C)=CC(C)C4CCC23C)C1(C)C. The second-order valence-electron chi connectivity index (χ2n) is 14.1. The Morgan fingerprint density at radius 1 is 1.03 bits per heavy atom. The van der Waals surface area contributed by atoms with Gasteiger partial charge in [-0.2, -0.15) is 0 Å². The fourth-order valence-electron chi connectivity index (χ4n) is 10.2. The molecule has 0 aromatic rings. The zero-order valence-corrected chi connectivity index (χ0v) is 23.3. The molecule has 188 valence electrons. The summed E-state index contributed by atoms with van der Waals surface area (Å²) in [4.78, 5) is 11.9. The van der Waals surface area contributed by atoms with Crippen LogP contribution in [0.15, 0.2) is 34.9 Å². The maximum atomic E-state index is 11.9. The molecule has 0 aromatic heterocycles. The second-order valence-corrected chi connectivity index (χ2v) is 14.1. The molecule has 34 heavy (non-hydrogen) atoms. The largest absolute Gasteiger partial charge is 0.462 e. The number of hydrogen-bond donors (Lipinski definition) is 0. The molecule has 2 fully saturated rings. The number of esters is 1. The Labute approximate surface area is 208 Å². The van der Waals surface area contributed by atoms with Gasteiger partial charge in [-0.05, 0) is 91.3 Å². The highest BCUT2D eigenvalue weighted by Gasteiger charge is 2.65. The van der Waals surface area contributed by atoms with E-state index < -0.39 is 0 Å². The number of rotatable bonds is 1. The lowest BCUT2D eigenvalue weighted by molar-refractivity contribution is -0.158. The third-order valence-electron chi connectivity index (χ3n) is 12.3. The molecule has 0 N–H and O–H groups in total. The Hall–Kier alpha value is -1.31. The van der Waals surface area contributed by atoms with Gasteiger partial charge < -0.3 is 4.74 Å². The van der Waals surface area contributed by atoms with Crippen molar-refractivity contribution < 1.29 is 9.53 Å². The molecule has 0 radical (unpaired) electrons. The van der Waals surface area contributed by atoms with Gasteiger partial charge in [0.2, 0.25) is 0 Å². The van der Waals surface area contributed by atoms with Crippen LogP contribution >= 0.6 is 0 Å². The topological polar surface area (TPSA) is 26.3 Å². The Morgan fingerprint density at radius 3 is 2.41 bits per heavy atom. The van der Waals surface area contributed by atoms with E-state index in [0.717, 1.165) is 25.2 Å². The molecular formula is C32H48O2. The molecule has 0 heterocycles. The van der Waals surface area contributed by atoms with Gasteiger partial charge in [0.25, 0.3) is 0 Å². The molecule has 0 bridgehead atoms. The molecule has 0 amide bonds. The van der Waals surface area contributed by atoms with Crippen molar-refractivity contribution in [3.63, 3.8) is 0 Å². The van der Waals surface area contributed by atoms with Crippen LogP contribution in [0.1, 0.15) is 101 Å². The van der Waals surface area contributed by atoms with Gasteiger partial charge >= 0.3 is 5.97 Å². The number of carbonyl (C=O) groups is 1. The van der Waals surface area contributed by atoms with Crippen molar-refractivity contribution in [2.75, 3.05) is 0 Å². The van der Waals surface area contributed by atoms with Crippen LogP contribution in [0.4, 0.5) is 0 Å². The van der Waals surface area contributed by atoms with E-state index in [9.17, 15) is 4.79 Å². The first-order valence-electron chi connectivity index (χ1n) is 14.0. The van der Waals surface area contributed by atoms with E-state index in [1.807, 2.05) is 5.57 Å². The first-order valence-corrected chi connectivity index (χ1v) is 14.0. The summed E-state index contributed by atoms with van der Waals surface area (Å²) >= 11 is 0. The van der Waals surface area contributed by atoms with Crippen LogP contribution in [-0.2, 0) is 9.53 Å². The summed E-state index contributed by atoms with van der Waals surface area (Å²) in [5.74, 6) is 3.39. The highest BCUT2D eigenvalue weighted by atomic mass is 16.5. The smallest absolute Gasteiger partial charge is 0.302 e. The molecule has 0 spiro atoms. The zero-order valence-electron chi connectivity index (χ0n) is 23.3. The normalized spacial score (nSPS) is 49.3. The quantitative estimate of drug-likeness (QED) is 0.288. The Bertz CT molecular complexity index is 981. The fraction of sp³-hybridized carbons (Fsp3) is 0.781. The van der Waals surface area contributed by atoms with Crippen LogP contribution in [0, 0.1) is 51.2 Å². The third kappa shape index (κ3) is 3.02. The van der Waals surface area contributed by atoms with Crippen LogP contribution in [0.3, 0.4) is 0 Å². The summed E-state index contributed by atoms with van der Waals surface area (Å²) in [6, 6.07) is 0. The molecule has 2 saturated carbocycles. The lowest BCUT2D eigenvalue weighted by Gasteiger charge is -2.68. The van der Waals surface area contributed by atoms with E-state index in [1.54, 1.807) is 18.1 Å². The van der Waals surface area contributed by atoms with E-state index in [1.165, 1.54) is 19.3 Å². The standard InChI is InChI=1S/C32H48O2/c1-19-18-20(2)23-12-16-31(8)24(28(23)21(19)3)10-11-26-30(7)15-14-27(34-22(4)33)29(5,6)25(30)13-17-32(26,31)9/h10,13,18,20-21,23,26-28H,11-12,14-17H2,1-9H3. The number of fused-ring (bicyclic) bond motifs is 7. The number of ether oxygens (including phenoxy) is 1. The van der Waals surface area contributed by atoms with E-state index in [4.69, 9.17) is 4.74 Å². The predicted octanol–water partition coefficient (Wildman–Crippen LogP) is 8.29. The Kier molecular flexibility index (Phi) is 5.45. The van der Waals surface area contributed by atoms with Crippen LogP contribution in [0.5, 0.6) is 0 Å². The predicted molar refractivity (Wildman–Crippen MR) is 140 cm³/mol. The van der Waals surface area contributed by atoms with Crippen LogP contribution in [0.25, 0.3) is 0 Å². The van der Waals surface area contributed by atoms with Crippen molar-refractivity contribution in [1.29, 1.82) is 0 Å². The van der Waals surface area contributed by atoms with Crippen molar-refractivity contribution in [1.82, 2.24) is 0 Å². The highest BCUT2D eigenvalue weighted by molar-refractivity contribution is 5.66. The van der Waals surface area contributed by atoms with E-state index in [0.29, 0.717) is 23.7 Å². The van der Waals surface area contributed by atoms with Crippen LogP contribution < -0.4 is 0 Å². The lowest BCUT2D eigenvalue weighted by Crippen LogP contribution is -2.60.